The van der Waals surface area contributed by atoms with Gasteiger partial charge in [0, 0.05) is 9.26 Å². The summed E-state index contributed by atoms with van der Waals surface area (Å²) in [5.74, 6) is -0.0506. The summed E-state index contributed by atoms with van der Waals surface area (Å²) in [6, 6.07) is 13.8. The average molecular weight is 365 g/mol. The summed E-state index contributed by atoms with van der Waals surface area (Å²) in [6.07, 6.45) is 0.904. The van der Waals surface area contributed by atoms with E-state index >= 15 is 0 Å². The lowest BCUT2D eigenvalue weighted by atomic mass is 10.1. The van der Waals surface area contributed by atoms with Crippen LogP contribution in [0.15, 0.2) is 42.5 Å². The van der Waals surface area contributed by atoms with Crippen molar-refractivity contribution in [1.29, 1.82) is 0 Å². The van der Waals surface area contributed by atoms with E-state index in [4.69, 9.17) is 0 Å². The number of amides is 1. The molecule has 0 aliphatic rings. The van der Waals surface area contributed by atoms with E-state index in [1.165, 1.54) is 0 Å². The molecule has 0 aliphatic heterocycles. The van der Waals surface area contributed by atoms with Crippen LogP contribution < -0.4 is 5.32 Å². The first-order chi connectivity index (χ1) is 9.11. The molecule has 1 N–H and O–H groups in total. The molecular formula is C16H16INO. The Morgan fingerprint density at radius 1 is 1.21 bits per heavy atom. The maximum absolute atomic E-state index is 12.3. The van der Waals surface area contributed by atoms with E-state index in [-0.39, 0.29) is 5.91 Å². The van der Waals surface area contributed by atoms with E-state index in [2.05, 4.69) is 34.8 Å². The van der Waals surface area contributed by atoms with Gasteiger partial charge in [-0.3, -0.25) is 4.79 Å². The van der Waals surface area contributed by atoms with Crippen molar-refractivity contribution in [3.05, 3.63) is 62.7 Å². The average Bonchev–Trinajstić information content (AvgIpc) is 2.39. The molecule has 19 heavy (non-hydrogen) atoms. The summed E-state index contributed by atoms with van der Waals surface area (Å²) in [4.78, 5) is 12.3. The number of carbonyl (C=O) groups is 1. The van der Waals surface area contributed by atoms with E-state index in [1.54, 1.807) is 0 Å². The highest BCUT2D eigenvalue weighted by molar-refractivity contribution is 14.1. The summed E-state index contributed by atoms with van der Waals surface area (Å²) in [6.45, 7) is 4.11. The molecule has 0 atom stereocenters. The van der Waals surface area contributed by atoms with Gasteiger partial charge < -0.3 is 5.32 Å². The van der Waals surface area contributed by atoms with Crippen LogP contribution in [0.1, 0.15) is 28.4 Å². The quantitative estimate of drug-likeness (QED) is 0.802. The summed E-state index contributed by atoms with van der Waals surface area (Å²) in [7, 11) is 0. The third kappa shape index (κ3) is 3.35. The Kier molecular flexibility index (Phi) is 4.58. The van der Waals surface area contributed by atoms with Gasteiger partial charge in [-0.05, 0) is 59.7 Å². The third-order valence-corrected chi connectivity index (χ3v) is 3.91. The molecule has 2 rings (SSSR count). The Bertz CT molecular complexity index is 607. The van der Waals surface area contributed by atoms with Crippen molar-refractivity contribution in [2.75, 3.05) is 5.32 Å². The number of nitrogens with one attached hydrogen (secondary N) is 1. The highest BCUT2D eigenvalue weighted by Gasteiger charge is 2.11. The zero-order valence-electron chi connectivity index (χ0n) is 11.0. The fourth-order valence-corrected chi connectivity index (χ4v) is 2.86. The van der Waals surface area contributed by atoms with Crippen LogP contribution in [0.5, 0.6) is 0 Å². The van der Waals surface area contributed by atoms with Gasteiger partial charge in [-0.15, -0.1) is 0 Å². The van der Waals surface area contributed by atoms with Gasteiger partial charge in [0.05, 0.1) is 5.56 Å². The fraction of sp³-hybridized carbons (Fsp3) is 0.188. The van der Waals surface area contributed by atoms with Gasteiger partial charge in [-0.2, -0.15) is 0 Å². The standard InChI is InChI=1S/C16H16INO/c1-3-12-6-4-5-7-15(12)18-16(19)13-9-8-11(2)10-14(13)17/h4-10H,3H2,1-2H3,(H,18,19). The van der Waals surface area contributed by atoms with Crippen LogP contribution in [0.2, 0.25) is 0 Å². The van der Waals surface area contributed by atoms with Crippen molar-refractivity contribution in [2.24, 2.45) is 0 Å². The molecule has 0 aliphatic carbocycles. The predicted molar refractivity (Wildman–Crippen MR) is 87.7 cm³/mol. The van der Waals surface area contributed by atoms with Gasteiger partial charge in [0.15, 0.2) is 0 Å². The fourth-order valence-electron chi connectivity index (χ4n) is 1.94. The topological polar surface area (TPSA) is 29.1 Å². The van der Waals surface area contributed by atoms with Gasteiger partial charge in [-0.25, -0.2) is 0 Å². The lowest BCUT2D eigenvalue weighted by molar-refractivity contribution is 0.102. The molecule has 0 fully saturated rings. The Morgan fingerprint density at radius 3 is 2.63 bits per heavy atom. The normalized spacial score (nSPS) is 10.3. The maximum Gasteiger partial charge on any atom is 0.256 e. The highest BCUT2D eigenvalue weighted by atomic mass is 127. The van der Waals surface area contributed by atoms with Crippen LogP contribution in [0.4, 0.5) is 5.69 Å². The smallest absolute Gasteiger partial charge is 0.256 e. The second kappa shape index (κ2) is 6.19. The highest BCUT2D eigenvalue weighted by Crippen LogP contribution is 2.19. The number of hydrogen-bond acceptors (Lipinski definition) is 1. The van der Waals surface area contributed by atoms with E-state index in [0.29, 0.717) is 0 Å². The summed E-state index contributed by atoms with van der Waals surface area (Å²) >= 11 is 2.20. The third-order valence-electron chi connectivity index (χ3n) is 3.02. The van der Waals surface area contributed by atoms with Gasteiger partial charge in [-0.1, -0.05) is 36.8 Å². The number of aryl methyl sites for hydroxylation is 2. The van der Waals surface area contributed by atoms with Gasteiger partial charge in [0.1, 0.15) is 0 Å². The van der Waals surface area contributed by atoms with Crippen molar-refractivity contribution in [3.63, 3.8) is 0 Å². The van der Waals surface area contributed by atoms with Gasteiger partial charge in [0.2, 0.25) is 0 Å². The van der Waals surface area contributed by atoms with Gasteiger partial charge in [0.25, 0.3) is 5.91 Å². The molecule has 2 aromatic rings. The minimum absolute atomic E-state index is 0.0506. The largest absolute Gasteiger partial charge is 0.322 e. The first-order valence-corrected chi connectivity index (χ1v) is 7.35. The van der Waals surface area contributed by atoms with Crippen LogP contribution in [-0.4, -0.2) is 5.91 Å². The summed E-state index contributed by atoms with van der Waals surface area (Å²) < 4.78 is 0.976. The van der Waals surface area contributed by atoms with Crippen LogP contribution in [0.3, 0.4) is 0 Å². The molecule has 0 saturated heterocycles. The first kappa shape index (κ1) is 14.1. The molecule has 3 heteroatoms. The van der Waals surface area contributed by atoms with Crippen LogP contribution in [0, 0.1) is 10.5 Å². The Morgan fingerprint density at radius 2 is 1.95 bits per heavy atom. The molecule has 0 aromatic heterocycles. The van der Waals surface area contributed by atoms with Crippen molar-refractivity contribution in [2.45, 2.75) is 20.3 Å². The Labute approximate surface area is 127 Å². The molecule has 1 amide bonds. The number of carbonyl (C=O) groups excluding carboxylic acids is 1. The van der Waals surface area contributed by atoms with Crippen molar-refractivity contribution < 1.29 is 4.79 Å². The Hall–Kier alpha value is -1.36. The minimum atomic E-state index is -0.0506. The summed E-state index contributed by atoms with van der Waals surface area (Å²) in [5.41, 5.74) is 3.93. The second-order valence-electron chi connectivity index (χ2n) is 4.45. The number of benzene rings is 2. The lowest BCUT2D eigenvalue weighted by Crippen LogP contribution is -2.14. The molecule has 0 unspecified atom stereocenters. The molecule has 0 heterocycles. The number of hydrogen-bond donors (Lipinski definition) is 1. The van der Waals surface area contributed by atoms with E-state index in [1.807, 2.05) is 49.4 Å². The van der Waals surface area contributed by atoms with Crippen LogP contribution in [0.25, 0.3) is 0 Å². The van der Waals surface area contributed by atoms with E-state index < -0.39 is 0 Å². The molecule has 98 valence electrons. The summed E-state index contributed by atoms with van der Waals surface area (Å²) in [5, 5.41) is 2.99. The Balaban J connectivity index is 2.26. The van der Waals surface area contributed by atoms with E-state index in [0.717, 1.165) is 32.4 Å². The molecule has 0 radical (unpaired) electrons. The molecule has 2 aromatic carbocycles. The van der Waals surface area contributed by atoms with Crippen molar-refractivity contribution >= 4 is 34.2 Å². The SMILES string of the molecule is CCc1ccccc1NC(=O)c1ccc(C)cc1I. The molecule has 0 saturated carbocycles. The molecule has 0 spiro atoms. The predicted octanol–water partition coefficient (Wildman–Crippen LogP) is 4.41. The maximum atomic E-state index is 12.3. The zero-order valence-corrected chi connectivity index (χ0v) is 13.2. The minimum Gasteiger partial charge on any atom is -0.322 e. The zero-order chi connectivity index (χ0) is 13.8. The lowest BCUT2D eigenvalue weighted by Gasteiger charge is -2.11. The second-order valence-corrected chi connectivity index (χ2v) is 5.61. The number of rotatable bonds is 3. The first-order valence-electron chi connectivity index (χ1n) is 6.27. The van der Waals surface area contributed by atoms with Crippen LogP contribution in [-0.2, 0) is 6.42 Å². The molecule has 0 bridgehead atoms. The van der Waals surface area contributed by atoms with E-state index in [9.17, 15) is 4.79 Å². The number of para-hydroxylation sites is 1. The number of anilines is 1. The van der Waals surface area contributed by atoms with Gasteiger partial charge >= 0.3 is 0 Å². The molecular weight excluding hydrogens is 349 g/mol. The number of halogens is 1. The molecule has 2 nitrogen and oxygen atoms in total. The van der Waals surface area contributed by atoms with Crippen LogP contribution >= 0.6 is 22.6 Å². The van der Waals surface area contributed by atoms with Crippen molar-refractivity contribution in [3.8, 4) is 0 Å². The monoisotopic (exact) mass is 365 g/mol. The van der Waals surface area contributed by atoms with Crippen molar-refractivity contribution in [1.82, 2.24) is 0 Å².